The van der Waals surface area contributed by atoms with E-state index in [1.165, 1.54) is 5.56 Å². The molecule has 3 heterocycles. The number of hydrogen-bond donors (Lipinski definition) is 0. The highest BCUT2D eigenvalue weighted by Gasteiger charge is 2.22. The zero-order chi connectivity index (χ0) is 18.6. The molecule has 4 rings (SSSR count). The van der Waals surface area contributed by atoms with Crippen molar-refractivity contribution in [2.75, 3.05) is 26.2 Å². The van der Waals surface area contributed by atoms with Crippen molar-refractivity contribution >= 4 is 16.8 Å². The van der Waals surface area contributed by atoms with Crippen LogP contribution in [0.1, 0.15) is 5.56 Å². The van der Waals surface area contributed by atoms with Crippen LogP contribution in [0.4, 0.5) is 0 Å². The standard InChI is InChI=1S/C19H20N6O2/c26-18(14-25-19(27)16-3-1-2-4-17(16)21-22-25)24-11-9-23(10-12-24)13-15-5-7-20-8-6-15/h1-8H,9-14H2. The smallest absolute Gasteiger partial charge is 0.278 e. The van der Waals surface area contributed by atoms with E-state index < -0.39 is 0 Å². The number of nitrogens with zero attached hydrogens (tertiary/aromatic N) is 6. The van der Waals surface area contributed by atoms with Gasteiger partial charge in [0.2, 0.25) is 5.91 Å². The third-order valence-corrected chi connectivity index (χ3v) is 4.79. The van der Waals surface area contributed by atoms with E-state index in [1.54, 1.807) is 41.6 Å². The number of fused-ring (bicyclic) bond motifs is 1. The summed E-state index contributed by atoms with van der Waals surface area (Å²) in [7, 11) is 0. The number of piperazine rings is 1. The maximum absolute atomic E-state index is 12.6. The lowest BCUT2D eigenvalue weighted by atomic mass is 10.2. The van der Waals surface area contributed by atoms with Crippen LogP contribution in [0.3, 0.4) is 0 Å². The van der Waals surface area contributed by atoms with Crippen molar-refractivity contribution in [3.8, 4) is 0 Å². The summed E-state index contributed by atoms with van der Waals surface area (Å²) in [5.41, 5.74) is 1.46. The van der Waals surface area contributed by atoms with E-state index in [-0.39, 0.29) is 18.0 Å². The van der Waals surface area contributed by atoms with Gasteiger partial charge in [-0.15, -0.1) is 5.10 Å². The summed E-state index contributed by atoms with van der Waals surface area (Å²) in [6, 6.07) is 11.0. The van der Waals surface area contributed by atoms with Crippen molar-refractivity contribution in [1.29, 1.82) is 0 Å². The van der Waals surface area contributed by atoms with Crippen LogP contribution < -0.4 is 5.56 Å². The van der Waals surface area contributed by atoms with Gasteiger partial charge in [-0.1, -0.05) is 17.3 Å². The van der Waals surface area contributed by atoms with Gasteiger partial charge in [0.05, 0.1) is 5.39 Å². The van der Waals surface area contributed by atoms with E-state index in [0.29, 0.717) is 24.0 Å². The Morgan fingerprint density at radius 1 is 1.00 bits per heavy atom. The quantitative estimate of drug-likeness (QED) is 0.672. The van der Waals surface area contributed by atoms with Crippen LogP contribution in [0.5, 0.6) is 0 Å². The molecule has 0 saturated carbocycles. The van der Waals surface area contributed by atoms with E-state index in [0.717, 1.165) is 24.3 Å². The number of rotatable bonds is 4. The van der Waals surface area contributed by atoms with Crippen molar-refractivity contribution < 1.29 is 4.79 Å². The molecule has 3 aromatic rings. The summed E-state index contributed by atoms with van der Waals surface area (Å²) in [6.45, 7) is 3.64. The van der Waals surface area contributed by atoms with Crippen LogP contribution in [0.15, 0.2) is 53.6 Å². The molecular formula is C19H20N6O2. The SMILES string of the molecule is O=C(Cn1nnc2ccccc2c1=O)N1CCN(Cc2ccncc2)CC1. The molecule has 27 heavy (non-hydrogen) atoms. The zero-order valence-electron chi connectivity index (χ0n) is 14.9. The summed E-state index contributed by atoms with van der Waals surface area (Å²) in [6.07, 6.45) is 3.58. The molecule has 0 aliphatic carbocycles. The molecule has 1 aliphatic heterocycles. The number of amides is 1. The van der Waals surface area contributed by atoms with Crippen molar-refractivity contribution in [2.24, 2.45) is 0 Å². The lowest BCUT2D eigenvalue weighted by molar-refractivity contribution is -0.134. The van der Waals surface area contributed by atoms with Gasteiger partial charge in [0.25, 0.3) is 5.56 Å². The Hall–Kier alpha value is -3.13. The lowest BCUT2D eigenvalue weighted by Gasteiger charge is -2.34. The first-order chi connectivity index (χ1) is 13.2. The normalized spacial score (nSPS) is 15.2. The molecule has 0 N–H and O–H groups in total. The first-order valence-corrected chi connectivity index (χ1v) is 8.92. The summed E-state index contributed by atoms with van der Waals surface area (Å²) >= 11 is 0. The number of pyridine rings is 1. The summed E-state index contributed by atoms with van der Waals surface area (Å²) < 4.78 is 1.15. The Balaban J connectivity index is 1.37. The molecule has 138 valence electrons. The molecule has 1 aliphatic rings. The van der Waals surface area contributed by atoms with Crippen LogP contribution in [0, 0.1) is 0 Å². The molecule has 1 fully saturated rings. The Labute approximate surface area is 156 Å². The Morgan fingerprint density at radius 3 is 2.52 bits per heavy atom. The van der Waals surface area contributed by atoms with Crippen LogP contribution in [0.2, 0.25) is 0 Å². The molecule has 8 heteroatoms. The fourth-order valence-corrected chi connectivity index (χ4v) is 3.26. The van der Waals surface area contributed by atoms with Gasteiger partial charge >= 0.3 is 0 Å². The average Bonchev–Trinajstić information content (AvgIpc) is 2.71. The zero-order valence-corrected chi connectivity index (χ0v) is 14.9. The molecule has 0 atom stereocenters. The highest BCUT2D eigenvalue weighted by Crippen LogP contribution is 2.09. The van der Waals surface area contributed by atoms with Gasteiger partial charge in [-0.3, -0.25) is 19.5 Å². The van der Waals surface area contributed by atoms with E-state index >= 15 is 0 Å². The van der Waals surface area contributed by atoms with Crippen LogP contribution in [0.25, 0.3) is 10.9 Å². The number of carbonyl (C=O) groups is 1. The monoisotopic (exact) mass is 364 g/mol. The van der Waals surface area contributed by atoms with E-state index in [4.69, 9.17) is 0 Å². The second-order valence-corrected chi connectivity index (χ2v) is 6.58. The van der Waals surface area contributed by atoms with Crippen molar-refractivity contribution in [2.45, 2.75) is 13.1 Å². The van der Waals surface area contributed by atoms with Crippen molar-refractivity contribution in [3.63, 3.8) is 0 Å². The van der Waals surface area contributed by atoms with Crippen LogP contribution >= 0.6 is 0 Å². The Morgan fingerprint density at radius 2 is 1.74 bits per heavy atom. The molecule has 0 radical (unpaired) electrons. The molecule has 8 nitrogen and oxygen atoms in total. The fourth-order valence-electron chi connectivity index (χ4n) is 3.26. The van der Waals surface area contributed by atoms with Gasteiger partial charge in [0, 0.05) is 45.1 Å². The van der Waals surface area contributed by atoms with Crippen LogP contribution in [-0.2, 0) is 17.9 Å². The second-order valence-electron chi connectivity index (χ2n) is 6.58. The first kappa shape index (κ1) is 17.3. The van der Waals surface area contributed by atoms with Gasteiger partial charge in [0.15, 0.2) is 0 Å². The number of carbonyl (C=O) groups excluding carboxylic acids is 1. The molecule has 0 unspecified atom stereocenters. The van der Waals surface area contributed by atoms with E-state index in [2.05, 4.69) is 20.2 Å². The molecule has 2 aromatic heterocycles. The van der Waals surface area contributed by atoms with Gasteiger partial charge < -0.3 is 4.90 Å². The van der Waals surface area contributed by atoms with Crippen LogP contribution in [-0.4, -0.2) is 61.9 Å². The predicted octanol–water partition coefficient (Wildman–Crippen LogP) is 0.531. The van der Waals surface area contributed by atoms with Crippen molar-refractivity contribution in [3.05, 3.63) is 64.7 Å². The molecule has 0 bridgehead atoms. The van der Waals surface area contributed by atoms with Gasteiger partial charge in [-0.05, 0) is 29.8 Å². The second kappa shape index (κ2) is 7.63. The van der Waals surface area contributed by atoms with E-state index in [1.807, 2.05) is 12.1 Å². The maximum Gasteiger partial charge on any atom is 0.278 e. The molecule has 1 amide bonds. The highest BCUT2D eigenvalue weighted by molar-refractivity contribution is 5.78. The third-order valence-electron chi connectivity index (χ3n) is 4.79. The minimum atomic E-state index is -0.287. The average molecular weight is 364 g/mol. The summed E-state index contributed by atoms with van der Waals surface area (Å²) in [5.74, 6) is -0.106. The lowest BCUT2D eigenvalue weighted by Crippen LogP contribution is -2.49. The third kappa shape index (κ3) is 3.85. The molecule has 1 saturated heterocycles. The number of aromatic nitrogens is 4. The fraction of sp³-hybridized carbons (Fsp3) is 0.316. The van der Waals surface area contributed by atoms with Crippen molar-refractivity contribution in [1.82, 2.24) is 29.8 Å². The minimum absolute atomic E-state index is 0.0823. The minimum Gasteiger partial charge on any atom is -0.339 e. The summed E-state index contributed by atoms with van der Waals surface area (Å²) in [5, 5.41) is 8.40. The Kier molecular flexibility index (Phi) is 4.88. The first-order valence-electron chi connectivity index (χ1n) is 8.92. The predicted molar refractivity (Wildman–Crippen MR) is 99.9 cm³/mol. The summed E-state index contributed by atoms with van der Waals surface area (Å²) in [4.78, 5) is 33.2. The molecule has 0 spiro atoms. The largest absolute Gasteiger partial charge is 0.339 e. The number of hydrogen-bond acceptors (Lipinski definition) is 6. The Bertz CT molecular complexity index is 996. The number of benzene rings is 1. The topological polar surface area (TPSA) is 84.2 Å². The van der Waals surface area contributed by atoms with Gasteiger partial charge in [-0.25, -0.2) is 4.68 Å². The molecular weight excluding hydrogens is 344 g/mol. The van der Waals surface area contributed by atoms with Gasteiger partial charge in [-0.2, -0.15) is 0 Å². The highest BCUT2D eigenvalue weighted by atomic mass is 16.2. The maximum atomic E-state index is 12.6. The van der Waals surface area contributed by atoms with Gasteiger partial charge in [0.1, 0.15) is 12.1 Å². The molecule has 1 aromatic carbocycles. The van der Waals surface area contributed by atoms with E-state index in [9.17, 15) is 9.59 Å².